The molecule has 1 saturated heterocycles. The van der Waals surface area contributed by atoms with E-state index in [4.69, 9.17) is 0 Å². The lowest BCUT2D eigenvalue weighted by atomic mass is 9.78. The molecule has 1 aromatic heterocycles. The normalized spacial score (nSPS) is 20.2. The molecule has 1 aliphatic rings. The molecule has 1 atom stereocenters. The van der Waals surface area contributed by atoms with Crippen molar-refractivity contribution in [1.29, 1.82) is 0 Å². The highest BCUT2D eigenvalue weighted by Crippen LogP contribution is 2.42. The maximum absolute atomic E-state index is 12.6. The van der Waals surface area contributed by atoms with Gasteiger partial charge in [0.05, 0.1) is 0 Å². The zero-order chi connectivity index (χ0) is 16.6. The molecule has 1 N–H and O–H groups in total. The van der Waals surface area contributed by atoms with Gasteiger partial charge in [0.25, 0.3) is 12.3 Å². The third-order valence-corrected chi connectivity index (χ3v) is 4.49. The molecule has 0 aliphatic carbocycles. The Kier molecular flexibility index (Phi) is 3.92. The van der Waals surface area contributed by atoms with Gasteiger partial charge in [0, 0.05) is 19.0 Å². The number of aromatic nitrogens is 2. The minimum absolute atomic E-state index is 0.0461. The predicted molar refractivity (Wildman–Crippen MR) is 82.4 cm³/mol. The first kappa shape index (κ1) is 15.6. The molecule has 2 aromatic rings. The van der Waals surface area contributed by atoms with Crippen molar-refractivity contribution in [3.63, 3.8) is 0 Å². The number of hydrogen-bond acceptors (Lipinski definition) is 2. The number of halogens is 2. The lowest BCUT2D eigenvalue weighted by molar-refractivity contribution is 0.0772. The average Bonchev–Trinajstić information content (AvgIpc) is 3.12. The molecule has 0 saturated carbocycles. The monoisotopic (exact) mass is 319 g/mol. The highest BCUT2D eigenvalue weighted by molar-refractivity contribution is 5.92. The van der Waals surface area contributed by atoms with Crippen molar-refractivity contribution in [3.8, 4) is 0 Å². The van der Waals surface area contributed by atoms with Crippen LogP contribution < -0.4 is 0 Å². The molecular weight excluding hydrogens is 300 g/mol. The summed E-state index contributed by atoms with van der Waals surface area (Å²) in [4.78, 5) is 14.2. The van der Waals surface area contributed by atoms with Gasteiger partial charge in [-0.15, -0.1) is 0 Å². The van der Waals surface area contributed by atoms with Gasteiger partial charge in [-0.05, 0) is 17.0 Å². The topological polar surface area (TPSA) is 49.0 Å². The molecule has 23 heavy (non-hydrogen) atoms. The van der Waals surface area contributed by atoms with Crippen LogP contribution in [0.2, 0.25) is 0 Å². The third kappa shape index (κ3) is 2.98. The molecule has 0 radical (unpaired) electrons. The summed E-state index contributed by atoms with van der Waals surface area (Å²) >= 11 is 0. The number of aromatic amines is 1. The van der Waals surface area contributed by atoms with Crippen molar-refractivity contribution in [2.45, 2.75) is 26.2 Å². The van der Waals surface area contributed by atoms with E-state index in [1.54, 1.807) is 4.90 Å². The predicted octanol–water partition coefficient (Wildman–Crippen LogP) is 3.61. The second-order valence-corrected chi connectivity index (χ2v) is 6.65. The van der Waals surface area contributed by atoms with Crippen LogP contribution >= 0.6 is 0 Å². The van der Waals surface area contributed by atoms with Crippen molar-refractivity contribution in [3.05, 3.63) is 53.3 Å². The molecule has 2 heterocycles. The number of carbonyl (C=O) groups is 1. The van der Waals surface area contributed by atoms with E-state index >= 15 is 0 Å². The first-order valence-corrected chi connectivity index (χ1v) is 7.56. The van der Waals surface area contributed by atoms with Gasteiger partial charge in [0.15, 0.2) is 5.69 Å². The van der Waals surface area contributed by atoms with Crippen molar-refractivity contribution < 1.29 is 13.6 Å². The van der Waals surface area contributed by atoms with Gasteiger partial charge < -0.3 is 4.90 Å². The third-order valence-electron chi connectivity index (χ3n) is 4.49. The highest BCUT2D eigenvalue weighted by Gasteiger charge is 2.42. The Morgan fingerprint density at radius 3 is 2.65 bits per heavy atom. The fourth-order valence-electron chi connectivity index (χ4n) is 3.25. The van der Waals surface area contributed by atoms with Crippen molar-refractivity contribution >= 4 is 5.91 Å². The quantitative estimate of drug-likeness (QED) is 0.939. The number of nitrogens with one attached hydrogen (secondary N) is 1. The SMILES string of the molecule is CC1(C)CN(C(=O)c2cc(C(F)F)[nH]n2)C[C@@H]1c1ccccc1. The summed E-state index contributed by atoms with van der Waals surface area (Å²) in [6, 6.07) is 11.2. The van der Waals surface area contributed by atoms with E-state index in [0.29, 0.717) is 13.1 Å². The van der Waals surface area contributed by atoms with Gasteiger partial charge in [-0.1, -0.05) is 44.2 Å². The Morgan fingerprint density at radius 1 is 1.35 bits per heavy atom. The molecule has 122 valence electrons. The number of carbonyl (C=O) groups excluding carboxylic acids is 1. The first-order valence-electron chi connectivity index (χ1n) is 7.56. The van der Waals surface area contributed by atoms with Crippen LogP contribution in [-0.4, -0.2) is 34.1 Å². The molecule has 0 spiro atoms. The van der Waals surface area contributed by atoms with E-state index in [1.807, 2.05) is 18.2 Å². The summed E-state index contributed by atoms with van der Waals surface area (Å²) in [5.74, 6) is -0.0965. The molecule has 4 nitrogen and oxygen atoms in total. The summed E-state index contributed by atoms with van der Waals surface area (Å²) in [6.07, 6.45) is -2.66. The number of benzene rings is 1. The van der Waals surface area contributed by atoms with Crippen LogP contribution in [0.4, 0.5) is 8.78 Å². The summed E-state index contributed by atoms with van der Waals surface area (Å²) in [5, 5.41) is 5.96. The number of hydrogen-bond donors (Lipinski definition) is 1. The van der Waals surface area contributed by atoms with Crippen LogP contribution in [0.1, 0.15) is 47.9 Å². The Morgan fingerprint density at radius 2 is 2.04 bits per heavy atom. The molecular formula is C17H19F2N3O. The van der Waals surface area contributed by atoms with E-state index in [9.17, 15) is 13.6 Å². The Labute approximate surface area is 133 Å². The zero-order valence-corrected chi connectivity index (χ0v) is 13.1. The number of likely N-dealkylation sites (tertiary alicyclic amines) is 1. The molecule has 1 aromatic carbocycles. The number of alkyl halides is 2. The minimum Gasteiger partial charge on any atom is -0.336 e. The fourth-order valence-corrected chi connectivity index (χ4v) is 3.25. The van der Waals surface area contributed by atoms with Crippen molar-refractivity contribution in [2.75, 3.05) is 13.1 Å². The lowest BCUT2D eigenvalue weighted by Gasteiger charge is -2.25. The minimum atomic E-state index is -2.66. The van der Waals surface area contributed by atoms with Gasteiger partial charge >= 0.3 is 0 Å². The Bertz CT molecular complexity index is 697. The maximum atomic E-state index is 12.6. The van der Waals surface area contributed by atoms with E-state index in [2.05, 4.69) is 36.2 Å². The summed E-state index contributed by atoms with van der Waals surface area (Å²) < 4.78 is 25.3. The van der Waals surface area contributed by atoms with Crippen molar-refractivity contribution in [2.24, 2.45) is 5.41 Å². The molecule has 1 fully saturated rings. The van der Waals surface area contributed by atoms with Gasteiger partial charge in [0.2, 0.25) is 0 Å². The fraction of sp³-hybridized carbons (Fsp3) is 0.412. The molecule has 1 amide bonds. The largest absolute Gasteiger partial charge is 0.336 e. The Balaban J connectivity index is 1.80. The van der Waals surface area contributed by atoms with E-state index in [1.165, 1.54) is 5.56 Å². The summed E-state index contributed by atoms with van der Waals surface area (Å²) in [7, 11) is 0. The maximum Gasteiger partial charge on any atom is 0.279 e. The summed E-state index contributed by atoms with van der Waals surface area (Å²) in [5.41, 5.74) is 0.818. The van der Waals surface area contributed by atoms with Gasteiger partial charge in [-0.25, -0.2) is 8.78 Å². The van der Waals surface area contributed by atoms with Crippen molar-refractivity contribution in [1.82, 2.24) is 15.1 Å². The average molecular weight is 319 g/mol. The number of H-pyrrole nitrogens is 1. The second kappa shape index (κ2) is 5.76. The molecule has 0 unspecified atom stereocenters. The molecule has 3 rings (SSSR count). The van der Waals surface area contributed by atoms with E-state index in [-0.39, 0.29) is 28.6 Å². The van der Waals surface area contributed by atoms with Crippen LogP contribution in [0, 0.1) is 5.41 Å². The van der Waals surface area contributed by atoms with Gasteiger partial charge in [-0.2, -0.15) is 5.10 Å². The van der Waals surface area contributed by atoms with Crippen LogP contribution in [0.25, 0.3) is 0 Å². The highest BCUT2D eigenvalue weighted by atomic mass is 19.3. The number of amides is 1. The molecule has 6 heteroatoms. The molecule has 1 aliphatic heterocycles. The van der Waals surface area contributed by atoms with Crippen LogP contribution in [-0.2, 0) is 0 Å². The van der Waals surface area contributed by atoms with Crippen LogP contribution in [0.15, 0.2) is 36.4 Å². The van der Waals surface area contributed by atoms with Crippen LogP contribution in [0.3, 0.4) is 0 Å². The molecule has 0 bridgehead atoms. The Hall–Kier alpha value is -2.24. The van der Waals surface area contributed by atoms with E-state index < -0.39 is 6.43 Å². The smallest absolute Gasteiger partial charge is 0.279 e. The first-order chi connectivity index (χ1) is 10.9. The van der Waals surface area contributed by atoms with E-state index in [0.717, 1.165) is 6.07 Å². The van der Waals surface area contributed by atoms with Crippen LogP contribution in [0.5, 0.6) is 0 Å². The standard InChI is InChI=1S/C17H19F2N3O/c1-17(2)10-22(9-12(17)11-6-4-3-5-7-11)16(23)14-8-13(15(18)19)20-21-14/h3-8,12,15H,9-10H2,1-2H3,(H,20,21)/t12-/m1/s1. The second-order valence-electron chi connectivity index (χ2n) is 6.65. The lowest BCUT2D eigenvalue weighted by Crippen LogP contribution is -2.30. The summed E-state index contributed by atoms with van der Waals surface area (Å²) in [6.45, 7) is 5.37. The zero-order valence-electron chi connectivity index (χ0n) is 13.1. The number of rotatable bonds is 3. The number of nitrogens with zero attached hydrogens (tertiary/aromatic N) is 2. The van der Waals surface area contributed by atoms with Gasteiger partial charge in [-0.3, -0.25) is 9.89 Å². The van der Waals surface area contributed by atoms with Gasteiger partial charge in [0.1, 0.15) is 5.69 Å².